The third kappa shape index (κ3) is 5.40. The number of anilines is 2. The molecule has 0 radical (unpaired) electrons. The van der Waals surface area contributed by atoms with Crippen LogP contribution in [0.1, 0.15) is 25.7 Å². The van der Waals surface area contributed by atoms with E-state index in [9.17, 15) is 28.2 Å². The third-order valence-corrected chi connectivity index (χ3v) is 5.70. The van der Waals surface area contributed by atoms with Crippen LogP contribution in [-0.2, 0) is 9.53 Å². The molecule has 0 saturated carbocycles. The first kappa shape index (κ1) is 23.3. The number of carbonyl (C=O) groups is 1. The predicted octanol–water partition coefficient (Wildman–Crippen LogP) is 2.99. The zero-order valence-electron chi connectivity index (χ0n) is 17.1. The van der Waals surface area contributed by atoms with Crippen molar-refractivity contribution in [2.75, 3.05) is 4.90 Å². The van der Waals surface area contributed by atoms with Crippen molar-refractivity contribution in [2.24, 2.45) is 0 Å². The van der Waals surface area contributed by atoms with Gasteiger partial charge in [-0.1, -0.05) is 17.7 Å². The number of hydrogen-bond donors (Lipinski definition) is 2. The minimum Gasteiger partial charge on any atom is -0.479 e. The highest BCUT2D eigenvalue weighted by Gasteiger charge is 2.37. The molecule has 0 spiro atoms. The SMILES string of the molecule is O=C(O)C1C[C@H](O)C[C@H](N(c2ccc(OC(F)(F)F)cc2)c2ccc3c(n2)=C(Cl)CCC=3)O1. The van der Waals surface area contributed by atoms with Crippen LogP contribution in [-0.4, -0.2) is 46.0 Å². The lowest BCUT2D eigenvalue weighted by molar-refractivity contribution is -0.274. The van der Waals surface area contributed by atoms with Gasteiger partial charge in [0.05, 0.1) is 11.5 Å². The number of carboxylic acids is 1. The number of aromatic nitrogens is 1. The normalized spacial score (nSPS) is 22.8. The summed E-state index contributed by atoms with van der Waals surface area (Å²) < 4.78 is 47.3. The first-order valence-corrected chi connectivity index (χ1v) is 10.6. The van der Waals surface area contributed by atoms with E-state index >= 15 is 0 Å². The van der Waals surface area contributed by atoms with Crippen LogP contribution in [0, 0.1) is 0 Å². The van der Waals surface area contributed by atoms with E-state index < -0.39 is 36.5 Å². The summed E-state index contributed by atoms with van der Waals surface area (Å²) in [6.07, 6.45) is -4.62. The molecule has 2 heterocycles. The number of nitrogens with zero attached hydrogens (tertiary/aromatic N) is 2. The molecule has 0 amide bonds. The summed E-state index contributed by atoms with van der Waals surface area (Å²) in [5, 5.41) is 21.7. The molecular formula is C22H20ClF3N2O5. The average Bonchev–Trinajstić information content (AvgIpc) is 2.74. The van der Waals surface area contributed by atoms with E-state index in [1.807, 2.05) is 6.08 Å². The number of alkyl halides is 3. The van der Waals surface area contributed by atoms with Crippen LogP contribution >= 0.6 is 11.6 Å². The molecule has 1 fully saturated rings. The van der Waals surface area contributed by atoms with E-state index in [1.54, 1.807) is 12.1 Å². The molecule has 7 nitrogen and oxygen atoms in total. The Balaban J connectivity index is 1.77. The number of benzene rings is 1. The Hall–Kier alpha value is -2.82. The molecule has 4 rings (SSSR count). The maximum Gasteiger partial charge on any atom is 0.573 e. The summed E-state index contributed by atoms with van der Waals surface area (Å²) in [6, 6.07) is 8.51. The van der Waals surface area contributed by atoms with Gasteiger partial charge >= 0.3 is 12.3 Å². The van der Waals surface area contributed by atoms with E-state index in [2.05, 4.69) is 9.72 Å². The quantitative estimate of drug-likeness (QED) is 0.674. The first-order chi connectivity index (χ1) is 15.6. The van der Waals surface area contributed by atoms with Crippen LogP contribution < -0.4 is 20.2 Å². The van der Waals surface area contributed by atoms with Crippen molar-refractivity contribution in [3.05, 3.63) is 47.0 Å². The van der Waals surface area contributed by atoms with Gasteiger partial charge < -0.3 is 19.7 Å². The predicted molar refractivity (Wildman–Crippen MR) is 113 cm³/mol. The van der Waals surface area contributed by atoms with Gasteiger partial charge in [0.25, 0.3) is 0 Å². The number of aliphatic hydroxyl groups is 1. The number of aliphatic carboxylic acids is 1. The van der Waals surface area contributed by atoms with Crippen molar-refractivity contribution in [3.8, 4) is 5.75 Å². The monoisotopic (exact) mass is 484 g/mol. The summed E-state index contributed by atoms with van der Waals surface area (Å²) >= 11 is 6.37. The number of pyridine rings is 1. The summed E-state index contributed by atoms with van der Waals surface area (Å²) in [7, 11) is 0. The summed E-state index contributed by atoms with van der Waals surface area (Å²) in [5.41, 5.74) is 0.371. The van der Waals surface area contributed by atoms with Gasteiger partial charge in [-0.05, 0) is 54.5 Å². The molecule has 1 saturated heterocycles. The molecule has 33 heavy (non-hydrogen) atoms. The second-order valence-electron chi connectivity index (χ2n) is 7.71. The van der Waals surface area contributed by atoms with Gasteiger partial charge in [0, 0.05) is 23.6 Å². The van der Waals surface area contributed by atoms with E-state index in [4.69, 9.17) is 16.3 Å². The number of carboxylic acid groups (broad SMARTS) is 1. The average molecular weight is 485 g/mol. The zero-order valence-corrected chi connectivity index (χ0v) is 17.9. The van der Waals surface area contributed by atoms with Crippen LogP contribution in [0.2, 0.25) is 0 Å². The summed E-state index contributed by atoms with van der Waals surface area (Å²) in [4.78, 5) is 17.7. The number of aliphatic hydroxyl groups excluding tert-OH is 1. The topological polar surface area (TPSA) is 92.1 Å². The van der Waals surface area contributed by atoms with Crippen LogP contribution in [0.15, 0.2) is 36.4 Å². The van der Waals surface area contributed by atoms with Gasteiger partial charge in [-0.25, -0.2) is 9.78 Å². The molecule has 2 aromatic rings. The molecule has 2 aliphatic rings. The maximum atomic E-state index is 12.6. The Bertz CT molecular complexity index is 1160. The molecule has 3 atom stereocenters. The van der Waals surface area contributed by atoms with Gasteiger partial charge in [-0.15, -0.1) is 13.2 Å². The molecule has 0 bridgehead atoms. The standard InChI is InChI=1S/C22H20ClF3N2O5/c23-16-3-1-2-12-4-9-18(27-20(12)16)28(19-11-14(29)10-17(32-19)21(30)31)13-5-7-15(8-6-13)33-22(24,25)26/h2,4-9,14,17,19,29H,1,3,10-11H2,(H,30,31)/t14-,17?,19+/m0/s1. The molecule has 1 aromatic heterocycles. The largest absolute Gasteiger partial charge is 0.573 e. The Morgan fingerprint density at radius 2 is 1.91 bits per heavy atom. The Morgan fingerprint density at radius 1 is 1.18 bits per heavy atom. The van der Waals surface area contributed by atoms with E-state index in [0.717, 1.165) is 23.8 Å². The minimum absolute atomic E-state index is 0.0624. The number of rotatable bonds is 5. The molecular weight excluding hydrogens is 465 g/mol. The van der Waals surface area contributed by atoms with Crippen LogP contribution in [0.25, 0.3) is 11.1 Å². The Labute approximate surface area is 191 Å². The molecule has 1 aliphatic carbocycles. The van der Waals surface area contributed by atoms with Crippen molar-refractivity contribution in [1.29, 1.82) is 0 Å². The zero-order chi connectivity index (χ0) is 23.8. The molecule has 1 aliphatic heterocycles. The number of fused-ring (bicyclic) bond motifs is 1. The molecule has 176 valence electrons. The van der Waals surface area contributed by atoms with Gasteiger partial charge in [-0.3, -0.25) is 4.90 Å². The fourth-order valence-corrected chi connectivity index (χ4v) is 4.17. The Morgan fingerprint density at radius 3 is 2.58 bits per heavy atom. The van der Waals surface area contributed by atoms with Crippen molar-refractivity contribution < 1.29 is 37.7 Å². The van der Waals surface area contributed by atoms with Gasteiger partial charge in [0.15, 0.2) is 6.10 Å². The molecule has 1 unspecified atom stereocenters. The van der Waals surface area contributed by atoms with Gasteiger partial charge in [-0.2, -0.15) is 0 Å². The lowest BCUT2D eigenvalue weighted by Gasteiger charge is -2.39. The number of ether oxygens (including phenoxy) is 2. The maximum absolute atomic E-state index is 12.6. The Kier molecular flexibility index (Phi) is 6.51. The second-order valence-corrected chi connectivity index (χ2v) is 8.17. The summed E-state index contributed by atoms with van der Waals surface area (Å²) in [5.74, 6) is -1.30. The van der Waals surface area contributed by atoms with E-state index in [0.29, 0.717) is 28.3 Å². The highest BCUT2D eigenvalue weighted by Crippen LogP contribution is 2.34. The fourth-order valence-electron chi connectivity index (χ4n) is 3.91. The lowest BCUT2D eigenvalue weighted by atomic mass is 10.0. The number of hydrogen-bond acceptors (Lipinski definition) is 6. The fraction of sp³-hybridized carbons (Fsp3) is 0.364. The second kappa shape index (κ2) is 9.20. The first-order valence-electron chi connectivity index (χ1n) is 10.2. The van der Waals surface area contributed by atoms with Crippen molar-refractivity contribution in [3.63, 3.8) is 0 Å². The van der Waals surface area contributed by atoms with E-state index in [-0.39, 0.29) is 12.8 Å². The highest BCUT2D eigenvalue weighted by atomic mass is 35.5. The smallest absolute Gasteiger partial charge is 0.479 e. The van der Waals surface area contributed by atoms with Crippen molar-refractivity contribution in [1.82, 2.24) is 4.98 Å². The van der Waals surface area contributed by atoms with Crippen molar-refractivity contribution >= 4 is 40.2 Å². The lowest BCUT2D eigenvalue weighted by Crippen LogP contribution is -2.48. The summed E-state index contributed by atoms with van der Waals surface area (Å²) in [6.45, 7) is 0. The van der Waals surface area contributed by atoms with Crippen LogP contribution in [0.3, 0.4) is 0 Å². The van der Waals surface area contributed by atoms with E-state index in [1.165, 1.54) is 17.0 Å². The molecule has 11 heteroatoms. The highest BCUT2D eigenvalue weighted by molar-refractivity contribution is 6.45. The van der Waals surface area contributed by atoms with Gasteiger partial charge in [0.1, 0.15) is 17.8 Å². The van der Waals surface area contributed by atoms with Crippen LogP contribution in [0.4, 0.5) is 24.7 Å². The van der Waals surface area contributed by atoms with Crippen molar-refractivity contribution in [2.45, 2.75) is 50.5 Å². The minimum atomic E-state index is -4.84. The molecule has 1 aromatic carbocycles. The van der Waals surface area contributed by atoms with Gasteiger partial charge in [0.2, 0.25) is 0 Å². The third-order valence-electron chi connectivity index (χ3n) is 5.34. The molecule has 2 N–H and O–H groups in total. The number of halogens is 4. The van der Waals surface area contributed by atoms with Crippen LogP contribution in [0.5, 0.6) is 5.75 Å².